The number of aliphatic carboxylic acids is 2. The molecule has 3 N–H and O–H groups in total. The Morgan fingerprint density at radius 3 is 2.22 bits per heavy atom. The van der Waals surface area contributed by atoms with E-state index in [0.29, 0.717) is 13.2 Å². The van der Waals surface area contributed by atoms with Crippen LogP contribution in [0.5, 0.6) is 5.75 Å². The molecule has 194 valence electrons. The monoisotopic (exact) mass is 505 g/mol. The van der Waals surface area contributed by atoms with Gasteiger partial charge < -0.3 is 20.3 Å². The average Bonchev–Trinajstić information content (AvgIpc) is 2.93. The van der Waals surface area contributed by atoms with Crippen LogP contribution >= 0.6 is 0 Å². The number of nitrogens with zero attached hydrogens (tertiary/aromatic N) is 2. The van der Waals surface area contributed by atoms with Crippen LogP contribution in [0.4, 0.5) is 0 Å². The van der Waals surface area contributed by atoms with E-state index in [-0.39, 0.29) is 11.8 Å². The van der Waals surface area contributed by atoms with Gasteiger partial charge in [0.1, 0.15) is 12.4 Å². The van der Waals surface area contributed by atoms with Gasteiger partial charge in [-0.3, -0.25) is 14.7 Å². The smallest absolute Gasteiger partial charge is 0.414 e. The van der Waals surface area contributed by atoms with Gasteiger partial charge in [-0.15, -0.1) is 0 Å². The predicted octanol–water partition coefficient (Wildman–Crippen LogP) is 3.34. The highest BCUT2D eigenvalue weighted by Crippen LogP contribution is 2.21. The lowest BCUT2D eigenvalue weighted by molar-refractivity contribution is -0.159. The molecule has 0 aliphatic carbocycles. The van der Waals surface area contributed by atoms with Crippen LogP contribution in [0.15, 0.2) is 79.0 Å². The molecule has 2 aromatic carbocycles. The van der Waals surface area contributed by atoms with E-state index in [1.54, 1.807) is 6.20 Å². The minimum Gasteiger partial charge on any atom is -0.489 e. The molecule has 0 bridgehead atoms. The molecule has 1 amide bonds. The van der Waals surface area contributed by atoms with Gasteiger partial charge in [0.15, 0.2) is 0 Å². The van der Waals surface area contributed by atoms with Crippen molar-refractivity contribution in [1.82, 2.24) is 15.2 Å². The number of hydrogen-bond donors (Lipinski definition) is 3. The summed E-state index contributed by atoms with van der Waals surface area (Å²) >= 11 is 0. The van der Waals surface area contributed by atoms with Crippen molar-refractivity contribution < 1.29 is 29.3 Å². The van der Waals surface area contributed by atoms with Crippen molar-refractivity contribution in [2.24, 2.45) is 5.92 Å². The summed E-state index contributed by atoms with van der Waals surface area (Å²) in [5.74, 6) is -2.53. The molecule has 0 spiro atoms. The van der Waals surface area contributed by atoms with E-state index in [9.17, 15) is 4.79 Å². The third-order valence-electron chi connectivity index (χ3n) is 5.86. The Morgan fingerprint density at radius 2 is 1.57 bits per heavy atom. The van der Waals surface area contributed by atoms with Crippen LogP contribution in [0.3, 0.4) is 0 Å². The number of amides is 1. The molecule has 9 nitrogen and oxygen atoms in total. The molecule has 9 heteroatoms. The summed E-state index contributed by atoms with van der Waals surface area (Å²) in [5.41, 5.74) is 3.29. The number of aromatic nitrogens is 1. The van der Waals surface area contributed by atoms with E-state index >= 15 is 0 Å². The summed E-state index contributed by atoms with van der Waals surface area (Å²) in [7, 11) is 0. The van der Waals surface area contributed by atoms with Crippen molar-refractivity contribution in [3.8, 4) is 5.75 Å². The third-order valence-corrected chi connectivity index (χ3v) is 5.86. The second-order valence-electron chi connectivity index (χ2n) is 8.62. The van der Waals surface area contributed by atoms with E-state index in [0.717, 1.165) is 49.5 Å². The molecule has 0 atom stereocenters. The van der Waals surface area contributed by atoms with Gasteiger partial charge in [-0.2, -0.15) is 0 Å². The second kappa shape index (κ2) is 14.4. The number of pyridine rings is 1. The number of benzene rings is 2. The normalized spacial score (nSPS) is 13.6. The zero-order valence-corrected chi connectivity index (χ0v) is 20.5. The molecule has 37 heavy (non-hydrogen) atoms. The number of carboxylic acid groups (broad SMARTS) is 2. The van der Waals surface area contributed by atoms with Crippen LogP contribution in [0.2, 0.25) is 0 Å². The van der Waals surface area contributed by atoms with Crippen LogP contribution in [-0.4, -0.2) is 51.0 Å². The second-order valence-corrected chi connectivity index (χ2v) is 8.62. The summed E-state index contributed by atoms with van der Waals surface area (Å²) in [6.07, 6.45) is 3.53. The van der Waals surface area contributed by atoms with Crippen LogP contribution in [0.25, 0.3) is 0 Å². The van der Waals surface area contributed by atoms with E-state index in [4.69, 9.17) is 24.5 Å². The first kappa shape index (κ1) is 27.3. The molecule has 2 heterocycles. The number of rotatable bonds is 8. The molecule has 1 aliphatic rings. The van der Waals surface area contributed by atoms with Gasteiger partial charge in [-0.1, -0.05) is 48.5 Å². The minimum absolute atomic E-state index is 0.0838. The van der Waals surface area contributed by atoms with E-state index in [1.165, 1.54) is 5.56 Å². The van der Waals surface area contributed by atoms with Gasteiger partial charge in [0.2, 0.25) is 5.91 Å². The first-order valence-corrected chi connectivity index (χ1v) is 12.0. The quantitative estimate of drug-likeness (QED) is 0.398. The first-order valence-electron chi connectivity index (χ1n) is 12.0. The van der Waals surface area contributed by atoms with E-state index < -0.39 is 11.9 Å². The van der Waals surface area contributed by atoms with Gasteiger partial charge >= 0.3 is 11.9 Å². The van der Waals surface area contributed by atoms with Crippen molar-refractivity contribution in [2.45, 2.75) is 32.5 Å². The number of ether oxygens (including phenoxy) is 1. The van der Waals surface area contributed by atoms with Gasteiger partial charge in [-0.25, -0.2) is 9.59 Å². The van der Waals surface area contributed by atoms with Gasteiger partial charge in [-0.05, 0) is 61.3 Å². The van der Waals surface area contributed by atoms with Crippen LogP contribution in [-0.2, 0) is 34.1 Å². The highest BCUT2D eigenvalue weighted by Gasteiger charge is 2.24. The summed E-state index contributed by atoms with van der Waals surface area (Å²) in [4.78, 5) is 37.4. The molecular formula is C28H31N3O6. The van der Waals surface area contributed by atoms with Crippen LogP contribution in [0, 0.1) is 5.92 Å². The Morgan fingerprint density at radius 1 is 0.892 bits per heavy atom. The molecule has 1 aromatic heterocycles. The average molecular weight is 506 g/mol. The molecular weight excluding hydrogens is 474 g/mol. The SMILES string of the molecule is O=C(NCc1ccccn1)C1CCN(Cc2cccc(OCc3ccccc3)c2)CC1.O=C(O)C(=O)O. The Bertz CT molecular complexity index is 1140. The third kappa shape index (κ3) is 9.73. The molecule has 4 rings (SSSR count). The topological polar surface area (TPSA) is 129 Å². The lowest BCUT2D eigenvalue weighted by Gasteiger charge is -2.31. The van der Waals surface area contributed by atoms with Crippen molar-refractivity contribution in [1.29, 1.82) is 0 Å². The molecule has 1 aliphatic heterocycles. The maximum absolute atomic E-state index is 12.5. The Hall–Kier alpha value is -4.24. The summed E-state index contributed by atoms with van der Waals surface area (Å²) < 4.78 is 5.96. The van der Waals surface area contributed by atoms with E-state index in [2.05, 4.69) is 39.5 Å². The Kier molecular flexibility index (Phi) is 10.6. The minimum atomic E-state index is -1.82. The summed E-state index contributed by atoms with van der Waals surface area (Å²) in [6.45, 7) is 3.80. The zero-order valence-electron chi connectivity index (χ0n) is 20.5. The first-order chi connectivity index (χ1) is 17.9. The number of carboxylic acids is 2. The number of carbonyl (C=O) groups is 3. The molecule has 1 fully saturated rings. The number of carbonyl (C=O) groups excluding carboxylic acids is 1. The van der Waals surface area contributed by atoms with Crippen molar-refractivity contribution >= 4 is 17.8 Å². The molecule has 0 saturated carbocycles. The fourth-order valence-corrected chi connectivity index (χ4v) is 3.91. The fraction of sp³-hybridized carbons (Fsp3) is 0.286. The molecule has 3 aromatic rings. The van der Waals surface area contributed by atoms with E-state index in [1.807, 2.05) is 48.5 Å². The zero-order chi connectivity index (χ0) is 26.5. The number of hydrogen-bond acceptors (Lipinski definition) is 6. The van der Waals surface area contributed by atoms with Crippen molar-refractivity contribution in [2.75, 3.05) is 13.1 Å². The summed E-state index contributed by atoms with van der Waals surface area (Å²) in [6, 6.07) is 24.3. The molecule has 0 unspecified atom stereocenters. The lowest BCUT2D eigenvalue weighted by Crippen LogP contribution is -2.40. The van der Waals surface area contributed by atoms with Crippen LogP contribution in [0.1, 0.15) is 29.7 Å². The molecule has 1 saturated heterocycles. The lowest BCUT2D eigenvalue weighted by atomic mass is 9.95. The summed E-state index contributed by atoms with van der Waals surface area (Å²) in [5, 5.41) is 17.8. The Balaban J connectivity index is 0.000000568. The number of nitrogens with one attached hydrogen (secondary N) is 1. The standard InChI is InChI=1S/C26H29N3O2.C2H2O4/c30-26(28-18-24-10-4-5-14-27-24)23-12-15-29(16-13-23)19-22-9-6-11-25(17-22)31-20-21-7-2-1-3-8-21;3-1(4)2(5)6/h1-11,14,17,23H,12-13,15-16,18-20H2,(H,28,30);(H,3,4)(H,5,6). The van der Waals surface area contributed by atoms with Crippen molar-refractivity contribution in [3.05, 3.63) is 95.8 Å². The highest BCUT2D eigenvalue weighted by molar-refractivity contribution is 6.27. The maximum atomic E-state index is 12.5. The number of piperidine rings is 1. The fourth-order valence-electron chi connectivity index (χ4n) is 3.91. The molecule has 0 radical (unpaired) electrons. The predicted molar refractivity (Wildman–Crippen MR) is 137 cm³/mol. The Labute approximate surface area is 215 Å². The van der Waals surface area contributed by atoms with Gasteiger partial charge in [0.05, 0.1) is 12.2 Å². The van der Waals surface area contributed by atoms with Gasteiger partial charge in [0.25, 0.3) is 0 Å². The van der Waals surface area contributed by atoms with Crippen molar-refractivity contribution in [3.63, 3.8) is 0 Å². The maximum Gasteiger partial charge on any atom is 0.414 e. The van der Waals surface area contributed by atoms with Gasteiger partial charge in [0, 0.05) is 18.7 Å². The largest absolute Gasteiger partial charge is 0.489 e. The highest BCUT2D eigenvalue weighted by atomic mass is 16.5. The van der Waals surface area contributed by atoms with Crippen LogP contribution < -0.4 is 10.1 Å². The number of likely N-dealkylation sites (tertiary alicyclic amines) is 1.